The Bertz CT molecular complexity index is 578. The minimum atomic E-state index is 0.820. The van der Waals surface area contributed by atoms with Gasteiger partial charge in [0.15, 0.2) is 0 Å². The van der Waals surface area contributed by atoms with E-state index >= 15 is 0 Å². The maximum atomic E-state index is 5.16. The first-order chi connectivity index (χ1) is 10.2. The summed E-state index contributed by atoms with van der Waals surface area (Å²) in [7, 11) is 3.68. The minimum absolute atomic E-state index is 0.820. The van der Waals surface area contributed by atoms with Crippen molar-refractivity contribution in [3.05, 3.63) is 45.7 Å². The summed E-state index contributed by atoms with van der Waals surface area (Å²) < 4.78 is 8.24. The van der Waals surface area contributed by atoms with Gasteiger partial charge in [-0.05, 0) is 53.0 Å². The molecular formula is C16H22BrN3O. The number of benzene rings is 1. The summed E-state index contributed by atoms with van der Waals surface area (Å²) in [6.07, 6.45) is 1.94. The summed E-state index contributed by atoms with van der Waals surface area (Å²) in [4.78, 5) is 0. The van der Waals surface area contributed by atoms with Crippen LogP contribution in [0.4, 0.5) is 0 Å². The van der Waals surface area contributed by atoms with E-state index in [0.29, 0.717) is 0 Å². The minimum Gasteiger partial charge on any atom is -0.497 e. The standard InChI is InChI=1S/C16H22BrN3O/c1-4-14-16(17)15(20(2)19-14)11-18-10-9-12-5-7-13(21-3)8-6-12/h5-8,18H,4,9-11H2,1-3H3. The average molecular weight is 352 g/mol. The number of aromatic nitrogens is 2. The number of ether oxygens (including phenoxy) is 1. The van der Waals surface area contributed by atoms with Crippen LogP contribution >= 0.6 is 15.9 Å². The molecule has 2 aromatic rings. The first-order valence-corrected chi connectivity index (χ1v) is 7.99. The van der Waals surface area contributed by atoms with Crippen molar-refractivity contribution in [3.63, 3.8) is 0 Å². The summed E-state index contributed by atoms with van der Waals surface area (Å²) in [6, 6.07) is 8.21. The molecule has 0 atom stereocenters. The molecule has 0 saturated carbocycles. The lowest BCUT2D eigenvalue weighted by Gasteiger charge is -2.07. The van der Waals surface area contributed by atoms with Crippen LogP contribution in [-0.2, 0) is 26.4 Å². The monoisotopic (exact) mass is 351 g/mol. The lowest BCUT2D eigenvalue weighted by Crippen LogP contribution is -2.18. The van der Waals surface area contributed by atoms with Crippen molar-refractivity contribution >= 4 is 15.9 Å². The van der Waals surface area contributed by atoms with Gasteiger partial charge in [-0.1, -0.05) is 19.1 Å². The molecule has 21 heavy (non-hydrogen) atoms. The number of methoxy groups -OCH3 is 1. The smallest absolute Gasteiger partial charge is 0.118 e. The van der Waals surface area contributed by atoms with E-state index in [1.807, 2.05) is 23.9 Å². The Labute approximate surface area is 134 Å². The summed E-state index contributed by atoms with van der Waals surface area (Å²) in [5, 5.41) is 7.98. The second-order valence-electron chi connectivity index (χ2n) is 4.96. The topological polar surface area (TPSA) is 39.1 Å². The Morgan fingerprint density at radius 3 is 2.57 bits per heavy atom. The summed E-state index contributed by atoms with van der Waals surface area (Å²) in [5.41, 5.74) is 3.62. The van der Waals surface area contributed by atoms with Crippen LogP contribution in [0, 0.1) is 0 Å². The number of nitrogens with one attached hydrogen (secondary N) is 1. The van der Waals surface area contributed by atoms with E-state index in [9.17, 15) is 0 Å². The summed E-state index contributed by atoms with van der Waals surface area (Å²) >= 11 is 3.64. The predicted molar refractivity (Wildman–Crippen MR) is 88.7 cm³/mol. The van der Waals surface area contributed by atoms with Gasteiger partial charge < -0.3 is 10.1 Å². The zero-order valence-electron chi connectivity index (χ0n) is 12.8. The third-order valence-electron chi connectivity index (χ3n) is 3.54. The fraction of sp³-hybridized carbons (Fsp3) is 0.438. The quantitative estimate of drug-likeness (QED) is 0.779. The normalized spacial score (nSPS) is 10.9. The second kappa shape index (κ2) is 7.61. The van der Waals surface area contributed by atoms with Crippen LogP contribution in [0.15, 0.2) is 28.7 Å². The largest absolute Gasteiger partial charge is 0.497 e. The van der Waals surface area contributed by atoms with Gasteiger partial charge in [-0.3, -0.25) is 4.68 Å². The average Bonchev–Trinajstić information content (AvgIpc) is 2.79. The molecule has 0 bridgehead atoms. The van der Waals surface area contributed by atoms with Crippen molar-refractivity contribution in [2.45, 2.75) is 26.3 Å². The van der Waals surface area contributed by atoms with Gasteiger partial charge in [-0.2, -0.15) is 5.10 Å². The molecule has 0 fully saturated rings. The second-order valence-corrected chi connectivity index (χ2v) is 5.75. The molecule has 4 nitrogen and oxygen atoms in total. The summed E-state index contributed by atoms with van der Waals surface area (Å²) in [5.74, 6) is 0.901. The van der Waals surface area contributed by atoms with Crippen molar-refractivity contribution in [3.8, 4) is 5.75 Å². The van der Waals surface area contributed by atoms with E-state index in [4.69, 9.17) is 4.74 Å². The molecule has 0 saturated heterocycles. The molecule has 0 unspecified atom stereocenters. The maximum absolute atomic E-state index is 5.16. The van der Waals surface area contributed by atoms with Gasteiger partial charge in [-0.25, -0.2) is 0 Å². The maximum Gasteiger partial charge on any atom is 0.118 e. The molecule has 0 amide bonds. The van der Waals surface area contributed by atoms with Crippen LogP contribution in [0.3, 0.4) is 0 Å². The Morgan fingerprint density at radius 1 is 1.29 bits per heavy atom. The highest BCUT2D eigenvalue weighted by Crippen LogP contribution is 2.21. The Hall–Kier alpha value is -1.33. The molecule has 0 aliphatic carbocycles. The molecule has 1 N–H and O–H groups in total. The molecule has 1 heterocycles. The highest BCUT2D eigenvalue weighted by molar-refractivity contribution is 9.10. The number of halogens is 1. The molecule has 0 radical (unpaired) electrons. The van der Waals surface area contributed by atoms with Gasteiger partial charge in [0.2, 0.25) is 0 Å². The van der Waals surface area contributed by atoms with Crippen LogP contribution in [0.25, 0.3) is 0 Å². The third-order valence-corrected chi connectivity index (χ3v) is 4.46. The van der Waals surface area contributed by atoms with Crippen molar-refractivity contribution in [1.29, 1.82) is 0 Å². The Balaban J connectivity index is 1.83. The first-order valence-electron chi connectivity index (χ1n) is 7.19. The molecular weight excluding hydrogens is 330 g/mol. The van der Waals surface area contributed by atoms with Gasteiger partial charge in [0.1, 0.15) is 5.75 Å². The highest BCUT2D eigenvalue weighted by atomic mass is 79.9. The van der Waals surface area contributed by atoms with Crippen molar-refractivity contribution < 1.29 is 4.74 Å². The van der Waals surface area contributed by atoms with E-state index in [1.54, 1.807) is 7.11 Å². The van der Waals surface area contributed by atoms with E-state index in [0.717, 1.165) is 41.8 Å². The molecule has 0 aliphatic heterocycles. The molecule has 114 valence electrons. The van der Waals surface area contributed by atoms with E-state index in [2.05, 4.69) is 45.4 Å². The lowest BCUT2D eigenvalue weighted by atomic mass is 10.1. The molecule has 5 heteroatoms. The zero-order chi connectivity index (χ0) is 15.2. The number of nitrogens with zero attached hydrogens (tertiary/aromatic N) is 2. The van der Waals surface area contributed by atoms with Crippen LogP contribution in [0.2, 0.25) is 0 Å². The number of hydrogen-bond acceptors (Lipinski definition) is 3. The van der Waals surface area contributed by atoms with Gasteiger partial charge in [-0.15, -0.1) is 0 Å². The molecule has 0 aliphatic rings. The van der Waals surface area contributed by atoms with Gasteiger partial charge in [0.25, 0.3) is 0 Å². The molecule has 0 spiro atoms. The Morgan fingerprint density at radius 2 is 2.00 bits per heavy atom. The molecule has 1 aromatic carbocycles. The number of rotatable bonds is 7. The van der Waals surface area contributed by atoms with Crippen molar-refractivity contribution in [1.82, 2.24) is 15.1 Å². The van der Waals surface area contributed by atoms with E-state index in [-0.39, 0.29) is 0 Å². The highest BCUT2D eigenvalue weighted by Gasteiger charge is 2.11. The van der Waals surface area contributed by atoms with Crippen LogP contribution in [-0.4, -0.2) is 23.4 Å². The SMILES string of the molecule is CCc1nn(C)c(CNCCc2ccc(OC)cc2)c1Br. The van der Waals surface area contributed by atoms with Crippen LogP contribution in [0.5, 0.6) is 5.75 Å². The van der Waals surface area contributed by atoms with Gasteiger partial charge in [0, 0.05) is 13.6 Å². The van der Waals surface area contributed by atoms with E-state index in [1.165, 1.54) is 11.3 Å². The third kappa shape index (κ3) is 4.08. The van der Waals surface area contributed by atoms with Gasteiger partial charge in [0.05, 0.1) is 23.0 Å². The number of aryl methyl sites for hydroxylation is 2. The molecule has 2 rings (SSSR count). The van der Waals surface area contributed by atoms with Crippen LogP contribution < -0.4 is 10.1 Å². The Kier molecular flexibility index (Phi) is 5.82. The zero-order valence-corrected chi connectivity index (χ0v) is 14.4. The van der Waals surface area contributed by atoms with Crippen molar-refractivity contribution in [2.75, 3.05) is 13.7 Å². The van der Waals surface area contributed by atoms with Crippen LogP contribution in [0.1, 0.15) is 23.9 Å². The molecule has 1 aromatic heterocycles. The number of hydrogen-bond donors (Lipinski definition) is 1. The van der Waals surface area contributed by atoms with E-state index < -0.39 is 0 Å². The van der Waals surface area contributed by atoms with Gasteiger partial charge >= 0.3 is 0 Å². The fourth-order valence-corrected chi connectivity index (χ4v) is 3.00. The summed E-state index contributed by atoms with van der Waals surface area (Å²) in [6.45, 7) is 3.87. The fourth-order valence-electron chi connectivity index (χ4n) is 2.24. The first kappa shape index (κ1) is 16.0. The van der Waals surface area contributed by atoms with Crippen molar-refractivity contribution in [2.24, 2.45) is 7.05 Å². The lowest BCUT2D eigenvalue weighted by molar-refractivity contribution is 0.414. The predicted octanol–water partition coefficient (Wildman–Crippen LogP) is 3.09.